The molecule has 0 amide bonds. The summed E-state index contributed by atoms with van der Waals surface area (Å²) in [7, 11) is 2.08. The van der Waals surface area contributed by atoms with Gasteiger partial charge in [0, 0.05) is 48.7 Å². The van der Waals surface area contributed by atoms with Crippen LogP contribution in [0.2, 0.25) is 0 Å². The Morgan fingerprint density at radius 1 is 1.06 bits per heavy atom. The van der Waals surface area contributed by atoms with E-state index < -0.39 is 12.6 Å². The number of nitrogens with zero attached hydrogens (tertiary/aromatic N) is 5. The molecule has 0 unspecified atom stereocenters. The molecular formula is C25H26F3N5S. The second-order valence-electron chi connectivity index (χ2n) is 9.87. The number of alkyl halides is 3. The number of rotatable bonds is 4. The molecule has 6 rings (SSSR count). The van der Waals surface area contributed by atoms with Crippen molar-refractivity contribution in [3.05, 3.63) is 53.3 Å². The van der Waals surface area contributed by atoms with Crippen LogP contribution in [0.3, 0.4) is 0 Å². The van der Waals surface area contributed by atoms with Crippen molar-refractivity contribution in [2.45, 2.75) is 32.0 Å². The van der Waals surface area contributed by atoms with Crippen LogP contribution in [-0.4, -0.2) is 51.8 Å². The van der Waals surface area contributed by atoms with Gasteiger partial charge in [0.2, 0.25) is 0 Å². The number of fused-ring (bicyclic) bond motifs is 2. The second kappa shape index (κ2) is 7.95. The average molecular weight is 486 g/mol. The standard InChI is InChI=1S/C25H26F3N5S/c1-31-7-4-18-3-2-17(10-21(18)31)13-32-8-5-24(6-9-32)14-33(15-24)22-20-11-19(12-25(26,27)28)34-23(20)30-16-29-22/h2-4,7,10-11,16H,5-6,8-9,12-15H2,1H3. The molecule has 0 saturated carbocycles. The SMILES string of the molecule is Cn1ccc2ccc(CN3CCC4(CC3)CN(c3ncnc5sc(CC(F)(F)F)cc35)C4)cc21. The first-order valence-electron chi connectivity index (χ1n) is 11.6. The van der Waals surface area contributed by atoms with Gasteiger partial charge in [-0.05, 0) is 55.1 Å². The van der Waals surface area contributed by atoms with Crippen LogP contribution in [0.5, 0.6) is 0 Å². The summed E-state index contributed by atoms with van der Waals surface area (Å²) < 4.78 is 40.7. The second-order valence-corrected chi connectivity index (χ2v) is 11.0. The van der Waals surface area contributed by atoms with E-state index in [1.807, 2.05) is 0 Å². The Morgan fingerprint density at radius 3 is 2.62 bits per heavy atom. The lowest BCUT2D eigenvalue weighted by Crippen LogP contribution is -2.60. The maximum atomic E-state index is 12.8. The first-order valence-corrected chi connectivity index (χ1v) is 12.4. The fraction of sp³-hybridized carbons (Fsp3) is 0.440. The van der Waals surface area contributed by atoms with Gasteiger partial charge in [-0.2, -0.15) is 13.2 Å². The molecule has 2 fully saturated rings. The van der Waals surface area contributed by atoms with E-state index in [1.54, 1.807) is 6.07 Å². The topological polar surface area (TPSA) is 37.2 Å². The first-order chi connectivity index (χ1) is 16.3. The van der Waals surface area contributed by atoms with Gasteiger partial charge in [0.25, 0.3) is 0 Å². The van der Waals surface area contributed by atoms with Crippen molar-refractivity contribution < 1.29 is 13.2 Å². The summed E-state index contributed by atoms with van der Waals surface area (Å²) in [6, 6.07) is 10.5. The van der Waals surface area contributed by atoms with Crippen molar-refractivity contribution in [3.63, 3.8) is 0 Å². The average Bonchev–Trinajstić information content (AvgIpc) is 3.34. The molecule has 0 atom stereocenters. The molecule has 4 aromatic rings. The zero-order valence-corrected chi connectivity index (χ0v) is 19.8. The molecule has 2 saturated heterocycles. The molecule has 0 radical (unpaired) electrons. The fourth-order valence-corrected chi connectivity index (χ4v) is 6.53. The zero-order valence-electron chi connectivity index (χ0n) is 19.0. The summed E-state index contributed by atoms with van der Waals surface area (Å²) in [5, 5.41) is 2.02. The number of hydrogen-bond donors (Lipinski definition) is 0. The van der Waals surface area contributed by atoms with Gasteiger partial charge in [0.15, 0.2) is 0 Å². The van der Waals surface area contributed by atoms with Crippen LogP contribution in [0, 0.1) is 5.41 Å². The highest BCUT2D eigenvalue weighted by Gasteiger charge is 2.45. The van der Waals surface area contributed by atoms with Gasteiger partial charge < -0.3 is 9.47 Å². The Labute approximate surface area is 199 Å². The van der Waals surface area contributed by atoms with E-state index in [9.17, 15) is 13.2 Å². The summed E-state index contributed by atoms with van der Waals surface area (Å²) >= 11 is 1.11. The van der Waals surface area contributed by atoms with Gasteiger partial charge in [-0.25, -0.2) is 9.97 Å². The lowest BCUT2D eigenvalue weighted by molar-refractivity contribution is -0.126. The Bertz CT molecular complexity index is 1340. The van der Waals surface area contributed by atoms with Crippen molar-refractivity contribution >= 4 is 38.3 Å². The number of likely N-dealkylation sites (tertiary alicyclic amines) is 1. The molecule has 34 heavy (non-hydrogen) atoms. The van der Waals surface area contributed by atoms with E-state index in [2.05, 4.69) is 61.8 Å². The normalized spacial score (nSPS) is 18.8. The quantitative estimate of drug-likeness (QED) is 0.388. The van der Waals surface area contributed by atoms with E-state index in [1.165, 1.54) is 22.8 Å². The minimum atomic E-state index is -4.21. The molecule has 2 aliphatic heterocycles. The maximum Gasteiger partial charge on any atom is 0.393 e. The van der Waals surface area contributed by atoms with E-state index in [4.69, 9.17) is 0 Å². The number of thiophene rings is 1. The maximum absolute atomic E-state index is 12.8. The van der Waals surface area contributed by atoms with Crippen LogP contribution in [0.4, 0.5) is 19.0 Å². The highest BCUT2D eigenvalue weighted by Crippen LogP contribution is 2.44. The van der Waals surface area contributed by atoms with Crippen LogP contribution < -0.4 is 4.90 Å². The molecule has 1 spiro atoms. The Kier molecular flexibility index (Phi) is 5.11. The Balaban J connectivity index is 1.10. The molecule has 0 N–H and O–H groups in total. The monoisotopic (exact) mass is 485 g/mol. The van der Waals surface area contributed by atoms with Crippen molar-refractivity contribution in [1.29, 1.82) is 0 Å². The van der Waals surface area contributed by atoms with Gasteiger partial charge in [-0.1, -0.05) is 12.1 Å². The first kappa shape index (κ1) is 21.9. The van der Waals surface area contributed by atoms with Crippen LogP contribution in [0.15, 0.2) is 42.9 Å². The predicted molar refractivity (Wildman–Crippen MR) is 129 cm³/mol. The van der Waals surface area contributed by atoms with Crippen molar-refractivity contribution in [1.82, 2.24) is 19.4 Å². The molecule has 178 valence electrons. The Hall–Kier alpha value is -2.65. The van der Waals surface area contributed by atoms with E-state index in [0.29, 0.717) is 9.71 Å². The van der Waals surface area contributed by atoms with Gasteiger partial charge in [0.05, 0.1) is 11.8 Å². The summed E-state index contributed by atoms with van der Waals surface area (Å²) in [5.74, 6) is 0.776. The molecule has 5 heterocycles. The van der Waals surface area contributed by atoms with E-state index in [0.717, 1.165) is 68.1 Å². The predicted octanol–water partition coefficient (Wildman–Crippen LogP) is 5.39. The molecule has 5 nitrogen and oxygen atoms in total. The fourth-order valence-electron chi connectivity index (χ4n) is 5.51. The number of benzene rings is 1. The zero-order chi connectivity index (χ0) is 23.5. The number of aromatic nitrogens is 3. The smallest absolute Gasteiger partial charge is 0.355 e. The van der Waals surface area contributed by atoms with Crippen LogP contribution in [0.25, 0.3) is 21.1 Å². The summed E-state index contributed by atoms with van der Waals surface area (Å²) in [6.45, 7) is 4.91. The van der Waals surface area contributed by atoms with Crippen LogP contribution in [0.1, 0.15) is 23.3 Å². The molecule has 3 aromatic heterocycles. The molecule has 0 bridgehead atoms. The van der Waals surface area contributed by atoms with E-state index in [-0.39, 0.29) is 5.41 Å². The van der Waals surface area contributed by atoms with Gasteiger partial charge in [0.1, 0.15) is 17.0 Å². The van der Waals surface area contributed by atoms with Crippen LogP contribution in [-0.2, 0) is 20.0 Å². The third-order valence-corrected chi connectivity index (χ3v) is 8.40. The number of piperidine rings is 1. The molecule has 9 heteroatoms. The highest BCUT2D eigenvalue weighted by molar-refractivity contribution is 7.18. The molecule has 1 aromatic carbocycles. The number of hydrogen-bond acceptors (Lipinski definition) is 5. The lowest BCUT2D eigenvalue weighted by Gasteiger charge is -2.54. The third-order valence-electron chi connectivity index (χ3n) is 7.36. The minimum Gasteiger partial charge on any atom is -0.355 e. The number of aryl methyl sites for hydroxylation is 1. The van der Waals surface area contributed by atoms with Crippen molar-refractivity contribution in [2.24, 2.45) is 12.5 Å². The molecule has 0 aliphatic carbocycles. The van der Waals surface area contributed by atoms with Gasteiger partial charge in [-0.15, -0.1) is 11.3 Å². The summed E-state index contributed by atoms with van der Waals surface area (Å²) in [6.07, 6.45) is 0.711. The van der Waals surface area contributed by atoms with Gasteiger partial charge >= 0.3 is 6.18 Å². The van der Waals surface area contributed by atoms with Crippen molar-refractivity contribution in [3.8, 4) is 0 Å². The Morgan fingerprint density at radius 2 is 1.85 bits per heavy atom. The largest absolute Gasteiger partial charge is 0.393 e. The van der Waals surface area contributed by atoms with Crippen LogP contribution >= 0.6 is 11.3 Å². The molecule has 2 aliphatic rings. The minimum absolute atomic E-state index is 0.278. The summed E-state index contributed by atoms with van der Waals surface area (Å²) in [5.41, 5.74) is 2.89. The number of halogens is 3. The van der Waals surface area contributed by atoms with E-state index >= 15 is 0 Å². The summed E-state index contributed by atoms with van der Waals surface area (Å²) in [4.78, 5) is 14.3. The third kappa shape index (κ3) is 4.05. The lowest BCUT2D eigenvalue weighted by atomic mass is 9.72. The van der Waals surface area contributed by atoms with Gasteiger partial charge in [-0.3, -0.25) is 4.90 Å². The highest BCUT2D eigenvalue weighted by atomic mass is 32.1. The number of anilines is 1. The molecular weight excluding hydrogens is 459 g/mol. The van der Waals surface area contributed by atoms with Crippen molar-refractivity contribution in [2.75, 3.05) is 31.1 Å².